The standard InChI is InChI=1S/C13H20N2O5S/c1-9-4-5-11(14-10(2)17)6-13(9)21(18,19)15-12(7-16)8-20-3/h4-6,12,15-16H,7-8H2,1-3H3,(H,14,17). The summed E-state index contributed by atoms with van der Waals surface area (Å²) in [7, 11) is -2.41. The van der Waals surface area contributed by atoms with Crippen molar-refractivity contribution in [3.63, 3.8) is 0 Å². The predicted octanol–water partition coefficient (Wildman–Crippen LogP) is 0.239. The first-order valence-electron chi connectivity index (χ1n) is 6.30. The molecule has 0 fully saturated rings. The molecule has 1 aromatic carbocycles. The molecule has 1 rings (SSSR count). The Bertz CT molecular complexity index is 601. The van der Waals surface area contributed by atoms with Gasteiger partial charge in [0.05, 0.1) is 24.2 Å². The minimum absolute atomic E-state index is 0.0447. The fraction of sp³-hybridized carbons (Fsp3) is 0.462. The minimum Gasteiger partial charge on any atom is -0.395 e. The molecule has 7 nitrogen and oxygen atoms in total. The highest BCUT2D eigenvalue weighted by atomic mass is 32.2. The Morgan fingerprint density at radius 1 is 1.43 bits per heavy atom. The second kappa shape index (κ2) is 7.51. The lowest BCUT2D eigenvalue weighted by atomic mass is 10.2. The molecule has 118 valence electrons. The molecule has 0 heterocycles. The Morgan fingerprint density at radius 3 is 2.62 bits per heavy atom. The third-order valence-electron chi connectivity index (χ3n) is 2.71. The molecule has 1 aromatic rings. The highest BCUT2D eigenvalue weighted by molar-refractivity contribution is 7.89. The van der Waals surface area contributed by atoms with Crippen LogP contribution >= 0.6 is 0 Å². The normalized spacial score (nSPS) is 13.0. The van der Waals surface area contributed by atoms with Crippen LogP contribution in [0.15, 0.2) is 23.1 Å². The van der Waals surface area contributed by atoms with Crippen LogP contribution in [0.25, 0.3) is 0 Å². The molecule has 3 N–H and O–H groups in total. The van der Waals surface area contributed by atoms with Crippen LogP contribution in [0, 0.1) is 6.92 Å². The second-order valence-corrected chi connectivity index (χ2v) is 6.30. The van der Waals surface area contributed by atoms with Gasteiger partial charge < -0.3 is 15.2 Å². The summed E-state index contributed by atoms with van der Waals surface area (Å²) in [5.74, 6) is -0.289. The maximum Gasteiger partial charge on any atom is 0.241 e. The van der Waals surface area contributed by atoms with Crippen LogP contribution in [0.4, 0.5) is 5.69 Å². The molecule has 1 atom stereocenters. The maximum absolute atomic E-state index is 12.3. The average Bonchev–Trinajstić information content (AvgIpc) is 2.39. The van der Waals surface area contributed by atoms with E-state index in [1.807, 2.05) is 0 Å². The van der Waals surface area contributed by atoms with E-state index >= 15 is 0 Å². The number of ether oxygens (including phenoxy) is 1. The summed E-state index contributed by atoms with van der Waals surface area (Å²) in [6, 6.07) is 3.86. The van der Waals surface area contributed by atoms with E-state index in [0.717, 1.165) is 0 Å². The summed E-state index contributed by atoms with van der Waals surface area (Å²) in [5.41, 5.74) is 0.923. The van der Waals surface area contributed by atoms with Gasteiger partial charge in [-0.05, 0) is 24.6 Å². The lowest BCUT2D eigenvalue weighted by molar-refractivity contribution is -0.114. The van der Waals surface area contributed by atoms with Crippen LogP contribution in [-0.4, -0.2) is 45.8 Å². The van der Waals surface area contributed by atoms with Crippen LogP contribution in [0.1, 0.15) is 12.5 Å². The summed E-state index contributed by atoms with van der Waals surface area (Å²) in [5, 5.41) is 11.7. The van der Waals surface area contributed by atoms with Crippen LogP contribution in [-0.2, 0) is 19.6 Å². The third kappa shape index (κ3) is 5.09. The van der Waals surface area contributed by atoms with Crippen molar-refractivity contribution in [3.05, 3.63) is 23.8 Å². The van der Waals surface area contributed by atoms with Crippen LogP contribution in [0.2, 0.25) is 0 Å². The molecule has 0 bridgehead atoms. The summed E-state index contributed by atoms with van der Waals surface area (Å²) in [6.45, 7) is 2.67. The van der Waals surface area contributed by atoms with E-state index in [2.05, 4.69) is 10.0 Å². The average molecular weight is 316 g/mol. The summed E-state index contributed by atoms with van der Waals surface area (Å²) in [4.78, 5) is 11.1. The first-order valence-corrected chi connectivity index (χ1v) is 7.79. The number of aliphatic hydroxyl groups is 1. The van der Waals surface area contributed by atoms with Gasteiger partial charge in [-0.25, -0.2) is 13.1 Å². The molecule has 0 saturated heterocycles. The Labute approximate surface area is 124 Å². The van der Waals surface area contributed by atoms with Gasteiger partial charge in [-0.1, -0.05) is 6.07 Å². The van der Waals surface area contributed by atoms with E-state index in [0.29, 0.717) is 11.3 Å². The van der Waals surface area contributed by atoms with Crippen LogP contribution in [0.5, 0.6) is 0 Å². The molecule has 0 aromatic heterocycles. The number of nitrogens with one attached hydrogen (secondary N) is 2. The van der Waals surface area contributed by atoms with Crippen molar-refractivity contribution in [2.75, 3.05) is 25.6 Å². The van der Waals surface area contributed by atoms with Gasteiger partial charge in [0, 0.05) is 19.7 Å². The largest absolute Gasteiger partial charge is 0.395 e. The molecule has 1 unspecified atom stereocenters. The Morgan fingerprint density at radius 2 is 2.10 bits per heavy atom. The number of amides is 1. The van der Waals surface area contributed by atoms with Gasteiger partial charge in [-0.2, -0.15) is 0 Å². The Kier molecular flexibility index (Phi) is 6.28. The molecule has 0 aliphatic rings. The topological polar surface area (TPSA) is 105 Å². The van der Waals surface area contributed by atoms with Gasteiger partial charge in [-0.15, -0.1) is 0 Å². The van der Waals surface area contributed by atoms with Gasteiger partial charge >= 0.3 is 0 Å². The molecule has 0 aliphatic heterocycles. The van der Waals surface area contributed by atoms with Gasteiger partial charge in [0.25, 0.3) is 0 Å². The van der Waals surface area contributed by atoms with E-state index in [1.165, 1.54) is 20.1 Å². The quantitative estimate of drug-likeness (QED) is 0.668. The van der Waals surface area contributed by atoms with Crippen molar-refractivity contribution in [2.24, 2.45) is 0 Å². The number of aliphatic hydroxyl groups excluding tert-OH is 1. The minimum atomic E-state index is -3.82. The molecule has 0 radical (unpaired) electrons. The monoisotopic (exact) mass is 316 g/mol. The molecule has 8 heteroatoms. The first-order chi connectivity index (χ1) is 9.80. The number of rotatable bonds is 7. The fourth-order valence-electron chi connectivity index (χ4n) is 1.78. The van der Waals surface area contributed by atoms with E-state index in [9.17, 15) is 13.2 Å². The van der Waals surface area contributed by atoms with E-state index < -0.39 is 16.1 Å². The number of aryl methyl sites for hydroxylation is 1. The van der Waals surface area contributed by atoms with Crippen molar-refractivity contribution >= 4 is 21.6 Å². The van der Waals surface area contributed by atoms with Crippen molar-refractivity contribution in [1.82, 2.24) is 4.72 Å². The van der Waals surface area contributed by atoms with Gasteiger partial charge in [0.2, 0.25) is 15.9 Å². The fourth-order valence-corrected chi connectivity index (χ4v) is 3.26. The molecular formula is C13H20N2O5S. The van der Waals surface area contributed by atoms with Crippen LogP contribution in [0.3, 0.4) is 0 Å². The van der Waals surface area contributed by atoms with Gasteiger partial charge in [0.15, 0.2) is 0 Å². The molecule has 0 saturated carbocycles. The first kappa shape index (κ1) is 17.6. The van der Waals surface area contributed by atoms with Crippen molar-refractivity contribution in [3.8, 4) is 0 Å². The number of benzene rings is 1. The number of anilines is 1. The molecule has 1 amide bonds. The van der Waals surface area contributed by atoms with Gasteiger partial charge in [-0.3, -0.25) is 4.79 Å². The summed E-state index contributed by atoms with van der Waals surface area (Å²) >= 11 is 0. The number of methoxy groups -OCH3 is 1. The number of hydrogen-bond donors (Lipinski definition) is 3. The number of carbonyl (C=O) groups is 1. The van der Waals surface area contributed by atoms with E-state index in [1.54, 1.807) is 19.1 Å². The number of carbonyl (C=O) groups excluding carboxylic acids is 1. The maximum atomic E-state index is 12.3. The molecule has 21 heavy (non-hydrogen) atoms. The highest BCUT2D eigenvalue weighted by Gasteiger charge is 2.22. The number of sulfonamides is 1. The zero-order chi connectivity index (χ0) is 16.0. The van der Waals surface area contributed by atoms with Crippen molar-refractivity contribution in [1.29, 1.82) is 0 Å². The van der Waals surface area contributed by atoms with Crippen LogP contribution < -0.4 is 10.0 Å². The van der Waals surface area contributed by atoms with Crippen molar-refractivity contribution < 1.29 is 23.1 Å². The Balaban J connectivity index is 3.09. The zero-order valence-corrected chi connectivity index (χ0v) is 13.0. The summed E-state index contributed by atoms with van der Waals surface area (Å²) in [6.07, 6.45) is 0. The lowest BCUT2D eigenvalue weighted by Gasteiger charge is -2.17. The van der Waals surface area contributed by atoms with Gasteiger partial charge in [0.1, 0.15) is 0 Å². The molecular weight excluding hydrogens is 296 g/mol. The smallest absolute Gasteiger partial charge is 0.241 e. The van der Waals surface area contributed by atoms with Crippen molar-refractivity contribution in [2.45, 2.75) is 24.8 Å². The number of hydrogen-bond acceptors (Lipinski definition) is 5. The second-order valence-electron chi connectivity index (χ2n) is 4.62. The molecule has 0 spiro atoms. The highest BCUT2D eigenvalue weighted by Crippen LogP contribution is 2.20. The predicted molar refractivity (Wildman–Crippen MR) is 78.6 cm³/mol. The zero-order valence-electron chi connectivity index (χ0n) is 12.2. The molecule has 0 aliphatic carbocycles. The Hall–Kier alpha value is -1.48. The van der Waals surface area contributed by atoms with E-state index in [4.69, 9.17) is 9.84 Å². The SMILES string of the molecule is COCC(CO)NS(=O)(=O)c1cc(NC(C)=O)ccc1C. The lowest BCUT2D eigenvalue weighted by Crippen LogP contribution is -2.40. The van der Waals surface area contributed by atoms with E-state index in [-0.39, 0.29) is 24.0 Å². The summed E-state index contributed by atoms with van der Waals surface area (Å²) < 4.78 is 31.9. The third-order valence-corrected chi connectivity index (χ3v) is 4.37.